The molecule has 3 aromatic carbocycles. The van der Waals surface area contributed by atoms with Crippen molar-refractivity contribution in [2.75, 3.05) is 20.2 Å². The molecule has 5 rings (SSSR count). The zero-order chi connectivity index (χ0) is 27.8. The van der Waals surface area contributed by atoms with Crippen LogP contribution in [0, 0.1) is 0 Å². The number of amides is 1. The predicted molar refractivity (Wildman–Crippen MR) is 159 cm³/mol. The molecule has 4 aromatic rings. The molecular formula is C30H27Cl2N3O3S. The summed E-state index contributed by atoms with van der Waals surface area (Å²) >= 11 is 13.8. The average Bonchev–Trinajstić information content (AvgIpc) is 3.23. The molecule has 0 saturated carbocycles. The van der Waals surface area contributed by atoms with E-state index in [4.69, 9.17) is 32.9 Å². The quantitative estimate of drug-likeness (QED) is 0.300. The van der Waals surface area contributed by atoms with Gasteiger partial charge in [-0.1, -0.05) is 70.9 Å². The number of nitrogens with zero attached hydrogens (tertiary/aromatic N) is 3. The molecule has 0 saturated heterocycles. The molecule has 200 valence electrons. The summed E-state index contributed by atoms with van der Waals surface area (Å²) < 4.78 is 7.91. The highest BCUT2D eigenvalue weighted by molar-refractivity contribution is 7.07. The fourth-order valence-electron chi connectivity index (χ4n) is 5.04. The lowest BCUT2D eigenvalue weighted by Crippen LogP contribution is -2.43. The predicted octanol–water partition coefficient (Wildman–Crippen LogP) is 5.57. The maximum atomic E-state index is 14.1. The van der Waals surface area contributed by atoms with Crippen LogP contribution in [-0.4, -0.2) is 35.6 Å². The van der Waals surface area contributed by atoms with E-state index < -0.39 is 6.04 Å². The van der Waals surface area contributed by atoms with Gasteiger partial charge in [-0.25, -0.2) is 4.99 Å². The molecule has 0 spiro atoms. The minimum absolute atomic E-state index is 0.156. The first kappa shape index (κ1) is 27.2. The third-order valence-corrected chi connectivity index (χ3v) is 8.52. The Kier molecular flexibility index (Phi) is 7.67. The lowest BCUT2D eigenvalue weighted by Gasteiger charge is -2.30. The van der Waals surface area contributed by atoms with Gasteiger partial charge in [-0.3, -0.25) is 14.2 Å². The van der Waals surface area contributed by atoms with E-state index in [-0.39, 0.29) is 11.5 Å². The van der Waals surface area contributed by atoms with Crippen molar-refractivity contribution in [3.05, 3.63) is 107 Å². The van der Waals surface area contributed by atoms with E-state index in [9.17, 15) is 9.59 Å². The normalized spacial score (nSPS) is 15.3. The summed E-state index contributed by atoms with van der Waals surface area (Å²) in [6.45, 7) is 6.77. The third kappa shape index (κ3) is 4.80. The minimum atomic E-state index is -0.738. The Labute approximate surface area is 240 Å². The van der Waals surface area contributed by atoms with Crippen molar-refractivity contribution in [3.8, 4) is 5.75 Å². The molecule has 0 unspecified atom stereocenters. The van der Waals surface area contributed by atoms with Gasteiger partial charge in [0.15, 0.2) is 4.80 Å². The van der Waals surface area contributed by atoms with Crippen molar-refractivity contribution >= 4 is 57.3 Å². The van der Waals surface area contributed by atoms with Crippen LogP contribution in [0.25, 0.3) is 16.8 Å². The highest BCUT2D eigenvalue weighted by atomic mass is 35.5. The summed E-state index contributed by atoms with van der Waals surface area (Å²) in [6.07, 6.45) is 1.74. The molecular weight excluding hydrogens is 553 g/mol. The van der Waals surface area contributed by atoms with Crippen LogP contribution < -0.4 is 19.6 Å². The fourth-order valence-corrected chi connectivity index (χ4v) is 6.55. The van der Waals surface area contributed by atoms with Gasteiger partial charge in [0.25, 0.3) is 11.5 Å². The van der Waals surface area contributed by atoms with Crippen molar-refractivity contribution in [3.63, 3.8) is 0 Å². The van der Waals surface area contributed by atoms with Crippen molar-refractivity contribution in [2.24, 2.45) is 4.99 Å². The second kappa shape index (κ2) is 11.0. The molecule has 1 atom stereocenters. The van der Waals surface area contributed by atoms with Gasteiger partial charge in [0.05, 0.1) is 22.9 Å². The Morgan fingerprint density at radius 2 is 1.87 bits per heavy atom. The number of benzene rings is 3. The first-order valence-corrected chi connectivity index (χ1v) is 14.2. The van der Waals surface area contributed by atoms with Crippen LogP contribution in [0.2, 0.25) is 10.0 Å². The lowest BCUT2D eigenvalue weighted by atomic mass is 9.90. The number of carbonyl (C=O) groups excluding carboxylic acids is 1. The van der Waals surface area contributed by atoms with Crippen LogP contribution in [-0.2, 0) is 4.79 Å². The summed E-state index contributed by atoms with van der Waals surface area (Å²) in [5.41, 5.74) is 2.18. The average molecular weight is 581 g/mol. The number of aromatic nitrogens is 1. The van der Waals surface area contributed by atoms with Crippen molar-refractivity contribution in [1.29, 1.82) is 0 Å². The van der Waals surface area contributed by atoms with Gasteiger partial charge in [0.2, 0.25) is 0 Å². The van der Waals surface area contributed by atoms with Crippen molar-refractivity contribution in [2.45, 2.75) is 26.8 Å². The van der Waals surface area contributed by atoms with Crippen LogP contribution in [0.15, 0.2) is 75.7 Å². The van der Waals surface area contributed by atoms with E-state index in [0.717, 1.165) is 16.3 Å². The molecule has 1 aliphatic rings. The summed E-state index contributed by atoms with van der Waals surface area (Å²) in [6, 6.07) is 16.2. The highest BCUT2D eigenvalue weighted by Gasteiger charge is 2.36. The molecule has 0 fully saturated rings. The Morgan fingerprint density at radius 1 is 1.13 bits per heavy atom. The van der Waals surface area contributed by atoms with Crippen LogP contribution in [0.4, 0.5) is 0 Å². The van der Waals surface area contributed by atoms with Gasteiger partial charge in [-0.2, -0.15) is 0 Å². The number of rotatable bonds is 6. The monoisotopic (exact) mass is 579 g/mol. The first-order valence-electron chi connectivity index (χ1n) is 12.6. The summed E-state index contributed by atoms with van der Waals surface area (Å²) in [5.74, 6) is 0.435. The number of thiazole rings is 1. The molecule has 39 heavy (non-hydrogen) atoms. The van der Waals surface area contributed by atoms with Crippen molar-refractivity contribution in [1.82, 2.24) is 9.47 Å². The smallest absolute Gasteiger partial charge is 0.271 e. The number of halogens is 2. The summed E-state index contributed by atoms with van der Waals surface area (Å²) in [7, 11) is 1.60. The Balaban J connectivity index is 1.86. The van der Waals surface area contributed by atoms with Gasteiger partial charge in [-0.05, 0) is 61.4 Å². The van der Waals surface area contributed by atoms with Crippen LogP contribution in [0.5, 0.6) is 5.75 Å². The molecule has 0 radical (unpaired) electrons. The van der Waals surface area contributed by atoms with Gasteiger partial charge in [0.1, 0.15) is 11.8 Å². The van der Waals surface area contributed by atoms with E-state index in [1.54, 1.807) is 40.9 Å². The largest absolute Gasteiger partial charge is 0.496 e. The molecule has 9 heteroatoms. The molecule has 1 aromatic heterocycles. The number of allylic oxidation sites excluding steroid dienone is 1. The summed E-state index contributed by atoms with van der Waals surface area (Å²) in [5, 5.41) is 2.83. The van der Waals surface area contributed by atoms with Crippen LogP contribution >= 0.6 is 34.5 Å². The molecule has 0 bridgehead atoms. The van der Waals surface area contributed by atoms with E-state index in [1.165, 1.54) is 11.3 Å². The Hall–Kier alpha value is -3.39. The van der Waals surface area contributed by atoms with Crippen molar-refractivity contribution < 1.29 is 9.53 Å². The molecule has 2 heterocycles. The number of ether oxygens (including phenoxy) is 1. The SMILES string of the molecule is CCN(CC)C(=O)C1=C(C)N=c2s/c(=C/c3ccc(Cl)cc3Cl)c(=O)n2[C@@H]1c1c(OC)ccc2ccccc12. The maximum absolute atomic E-state index is 14.1. The molecule has 0 aliphatic carbocycles. The number of fused-ring (bicyclic) bond motifs is 2. The van der Waals surface area contributed by atoms with Gasteiger partial charge in [-0.15, -0.1) is 0 Å². The number of hydrogen-bond acceptors (Lipinski definition) is 5. The molecule has 1 aliphatic heterocycles. The summed E-state index contributed by atoms with van der Waals surface area (Å²) in [4.78, 5) is 35.2. The van der Waals surface area contributed by atoms with E-state index in [0.29, 0.717) is 55.1 Å². The van der Waals surface area contributed by atoms with E-state index in [2.05, 4.69) is 0 Å². The minimum Gasteiger partial charge on any atom is -0.496 e. The molecule has 0 N–H and O–H groups in total. The zero-order valence-corrected chi connectivity index (χ0v) is 24.3. The maximum Gasteiger partial charge on any atom is 0.271 e. The standard InChI is InChI=1S/C30H27Cl2N3O3S/c1-5-34(6-2)29(37)25-17(3)33-30-35(28(36)24(39-30)15-19-11-13-20(31)16-22(19)32)27(25)26-21-10-8-7-9-18(21)12-14-23(26)38-4/h7-16,27H,5-6H2,1-4H3/b24-15+/t27-/m0/s1. The number of likely N-dealkylation sites (N-methyl/N-ethyl adjacent to an activating group) is 1. The van der Waals surface area contributed by atoms with Crippen LogP contribution in [0.3, 0.4) is 0 Å². The van der Waals surface area contributed by atoms with Gasteiger partial charge < -0.3 is 9.64 Å². The molecule has 1 amide bonds. The third-order valence-electron chi connectivity index (χ3n) is 6.98. The molecule has 6 nitrogen and oxygen atoms in total. The number of hydrogen-bond donors (Lipinski definition) is 0. The number of methoxy groups -OCH3 is 1. The highest BCUT2D eigenvalue weighted by Crippen LogP contribution is 2.40. The second-order valence-corrected chi connectivity index (χ2v) is 11.0. The first-order chi connectivity index (χ1) is 18.8. The second-order valence-electron chi connectivity index (χ2n) is 9.13. The Morgan fingerprint density at radius 3 is 2.56 bits per heavy atom. The fraction of sp³-hybridized carbons (Fsp3) is 0.233. The topological polar surface area (TPSA) is 63.9 Å². The number of carbonyl (C=O) groups is 1. The van der Waals surface area contributed by atoms with Gasteiger partial charge in [0, 0.05) is 28.7 Å². The Bertz CT molecular complexity index is 1820. The zero-order valence-electron chi connectivity index (χ0n) is 22.0. The van der Waals surface area contributed by atoms with E-state index >= 15 is 0 Å². The lowest BCUT2D eigenvalue weighted by molar-refractivity contribution is -0.127. The van der Waals surface area contributed by atoms with E-state index in [1.807, 2.05) is 57.2 Å². The van der Waals surface area contributed by atoms with Gasteiger partial charge >= 0.3 is 0 Å². The van der Waals surface area contributed by atoms with Crippen LogP contribution in [0.1, 0.15) is 37.9 Å².